The van der Waals surface area contributed by atoms with Crippen LogP contribution in [0.25, 0.3) is 0 Å². The number of nitrogens with zero attached hydrogens (tertiary/aromatic N) is 1. The van der Waals surface area contributed by atoms with E-state index in [4.69, 9.17) is 0 Å². The molecule has 0 bridgehead atoms. The maximum absolute atomic E-state index is 14.5. The van der Waals surface area contributed by atoms with Crippen LogP contribution < -0.4 is 10.2 Å². The summed E-state index contributed by atoms with van der Waals surface area (Å²) in [4.78, 5) is 1.37. The van der Waals surface area contributed by atoms with Crippen LogP contribution >= 0.6 is 0 Å². The van der Waals surface area contributed by atoms with Crippen LogP contribution in [0.4, 0.5) is 30.2 Å². The number of nitrogens with one attached hydrogen (secondary N) is 1. The standard InChI is InChI=1S/C21H17F3N2/c22-21(23,24)20(15-16-9-3-1-4-10-16)25-18-13-7-8-14-19(18)26(20)17-11-5-2-6-12-17/h1-14,25H,15H2. The quantitative estimate of drug-likeness (QED) is 0.644. The summed E-state index contributed by atoms with van der Waals surface area (Å²) in [6, 6.07) is 24.4. The van der Waals surface area contributed by atoms with E-state index < -0.39 is 11.8 Å². The van der Waals surface area contributed by atoms with E-state index in [1.54, 1.807) is 84.9 Å². The number of hydrogen-bond acceptors (Lipinski definition) is 2. The van der Waals surface area contributed by atoms with Gasteiger partial charge in [-0.1, -0.05) is 60.7 Å². The van der Waals surface area contributed by atoms with E-state index in [9.17, 15) is 13.2 Å². The van der Waals surface area contributed by atoms with Crippen LogP contribution in [-0.2, 0) is 6.42 Å². The molecule has 4 rings (SSSR count). The van der Waals surface area contributed by atoms with E-state index in [0.29, 0.717) is 22.6 Å². The van der Waals surface area contributed by atoms with Gasteiger partial charge in [0.15, 0.2) is 0 Å². The average molecular weight is 354 g/mol. The monoisotopic (exact) mass is 354 g/mol. The third-order valence-corrected chi connectivity index (χ3v) is 4.65. The van der Waals surface area contributed by atoms with Crippen molar-refractivity contribution in [1.82, 2.24) is 0 Å². The number of alkyl halides is 3. The zero-order valence-corrected chi connectivity index (χ0v) is 13.9. The number of benzene rings is 3. The number of fused-ring (bicyclic) bond motifs is 1. The summed E-state index contributed by atoms with van der Waals surface area (Å²) in [7, 11) is 0. The smallest absolute Gasteiger partial charge is 0.353 e. The van der Waals surface area contributed by atoms with Crippen LogP contribution in [0.3, 0.4) is 0 Å². The highest BCUT2D eigenvalue weighted by molar-refractivity contribution is 5.85. The van der Waals surface area contributed by atoms with Gasteiger partial charge >= 0.3 is 6.18 Å². The van der Waals surface area contributed by atoms with Crippen LogP contribution in [-0.4, -0.2) is 11.8 Å². The van der Waals surface area contributed by atoms with Crippen LogP contribution in [0.15, 0.2) is 84.9 Å². The molecule has 1 heterocycles. The van der Waals surface area contributed by atoms with Gasteiger partial charge in [0.05, 0.1) is 11.4 Å². The lowest BCUT2D eigenvalue weighted by Gasteiger charge is -2.41. The molecule has 5 heteroatoms. The molecular formula is C21H17F3N2. The molecule has 0 saturated heterocycles. The van der Waals surface area contributed by atoms with E-state index in [1.807, 2.05) is 0 Å². The Kier molecular flexibility index (Phi) is 3.87. The molecule has 2 nitrogen and oxygen atoms in total. The van der Waals surface area contributed by atoms with Crippen molar-refractivity contribution in [2.45, 2.75) is 18.3 Å². The molecule has 3 aromatic rings. The van der Waals surface area contributed by atoms with E-state index in [-0.39, 0.29) is 6.42 Å². The Morgan fingerprint density at radius 1 is 0.769 bits per heavy atom. The summed E-state index contributed by atoms with van der Waals surface area (Å²) in [5.41, 5.74) is -0.139. The molecule has 1 N–H and O–H groups in total. The molecule has 0 saturated carbocycles. The minimum Gasteiger partial charge on any atom is -0.353 e. The van der Waals surface area contributed by atoms with Gasteiger partial charge in [0.25, 0.3) is 0 Å². The van der Waals surface area contributed by atoms with Gasteiger partial charge in [0.1, 0.15) is 0 Å². The fourth-order valence-corrected chi connectivity index (χ4v) is 3.51. The lowest BCUT2D eigenvalue weighted by Crippen LogP contribution is -2.61. The first-order valence-corrected chi connectivity index (χ1v) is 8.34. The molecule has 0 amide bonds. The minimum atomic E-state index is -4.50. The maximum Gasteiger partial charge on any atom is 0.431 e. The zero-order chi connectivity index (χ0) is 18.2. The van der Waals surface area contributed by atoms with Crippen molar-refractivity contribution >= 4 is 17.1 Å². The first-order valence-electron chi connectivity index (χ1n) is 8.34. The average Bonchev–Trinajstić information content (AvgIpc) is 2.98. The second kappa shape index (κ2) is 6.09. The second-order valence-electron chi connectivity index (χ2n) is 6.33. The van der Waals surface area contributed by atoms with Crippen molar-refractivity contribution < 1.29 is 13.2 Å². The van der Waals surface area contributed by atoms with Crippen molar-refractivity contribution in [3.8, 4) is 0 Å². The molecule has 1 aliphatic heterocycles. The molecule has 26 heavy (non-hydrogen) atoms. The fraction of sp³-hybridized carbons (Fsp3) is 0.143. The second-order valence-corrected chi connectivity index (χ2v) is 6.33. The molecule has 0 fully saturated rings. The molecule has 132 valence electrons. The highest BCUT2D eigenvalue weighted by atomic mass is 19.4. The molecular weight excluding hydrogens is 337 g/mol. The zero-order valence-electron chi connectivity index (χ0n) is 13.9. The number of anilines is 3. The van der Waals surface area contributed by atoms with E-state index >= 15 is 0 Å². The molecule has 1 unspecified atom stereocenters. The van der Waals surface area contributed by atoms with Crippen LogP contribution in [0.1, 0.15) is 5.56 Å². The topological polar surface area (TPSA) is 15.3 Å². The first kappa shape index (κ1) is 16.5. The minimum absolute atomic E-state index is 0.207. The first-order chi connectivity index (χ1) is 12.5. The number of hydrogen-bond donors (Lipinski definition) is 1. The van der Waals surface area contributed by atoms with Crippen LogP contribution in [0.2, 0.25) is 0 Å². The number of para-hydroxylation sites is 3. The SMILES string of the molecule is FC(F)(F)C1(Cc2ccccc2)Nc2ccccc2N1c1ccccc1. The van der Waals surface area contributed by atoms with Gasteiger partial charge in [-0.3, -0.25) is 0 Å². The van der Waals surface area contributed by atoms with Crippen molar-refractivity contribution in [1.29, 1.82) is 0 Å². The van der Waals surface area contributed by atoms with Crippen molar-refractivity contribution in [3.63, 3.8) is 0 Å². The third-order valence-electron chi connectivity index (χ3n) is 4.65. The number of rotatable bonds is 3. The summed E-state index contributed by atoms with van der Waals surface area (Å²) >= 11 is 0. The molecule has 1 aliphatic rings. The number of halogens is 3. The van der Waals surface area contributed by atoms with Crippen molar-refractivity contribution in [2.75, 3.05) is 10.2 Å². The predicted molar refractivity (Wildman–Crippen MR) is 97.6 cm³/mol. The summed E-state index contributed by atoms with van der Waals surface area (Å²) < 4.78 is 43.5. The van der Waals surface area contributed by atoms with Crippen molar-refractivity contribution in [2.24, 2.45) is 0 Å². The Hall–Kier alpha value is -2.95. The Bertz CT molecular complexity index is 894. The highest BCUT2D eigenvalue weighted by Crippen LogP contribution is 2.52. The van der Waals surface area contributed by atoms with Gasteiger partial charge in [0, 0.05) is 12.1 Å². The lowest BCUT2D eigenvalue weighted by atomic mass is 9.97. The van der Waals surface area contributed by atoms with Crippen molar-refractivity contribution in [3.05, 3.63) is 90.5 Å². The largest absolute Gasteiger partial charge is 0.431 e. The Morgan fingerprint density at radius 2 is 1.35 bits per heavy atom. The molecule has 0 spiro atoms. The highest BCUT2D eigenvalue weighted by Gasteiger charge is 2.62. The van der Waals surface area contributed by atoms with Crippen LogP contribution in [0, 0.1) is 0 Å². The van der Waals surface area contributed by atoms with E-state index in [2.05, 4.69) is 5.32 Å². The van der Waals surface area contributed by atoms with Gasteiger partial charge < -0.3 is 10.2 Å². The van der Waals surface area contributed by atoms with Gasteiger partial charge in [0.2, 0.25) is 5.66 Å². The molecule has 3 aromatic carbocycles. The van der Waals surface area contributed by atoms with Gasteiger partial charge in [-0.2, -0.15) is 13.2 Å². The van der Waals surface area contributed by atoms with Gasteiger partial charge in [-0.25, -0.2) is 0 Å². The Labute approximate surface area is 149 Å². The Balaban J connectivity index is 1.92. The third kappa shape index (κ3) is 2.60. The summed E-state index contributed by atoms with van der Waals surface area (Å²) in [6.45, 7) is 0. The normalized spacial score (nSPS) is 19.1. The van der Waals surface area contributed by atoms with Crippen LogP contribution in [0.5, 0.6) is 0 Å². The van der Waals surface area contributed by atoms with Gasteiger partial charge in [-0.15, -0.1) is 0 Å². The molecule has 0 aliphatic carbocycles. The molecule has 0 radical (unpaired) electrons. The Morgan fingerprint density at radius 3 is 2.00 bits per heavy atom. The molecule has 0 aromatic heterocycles. The summed E-state index contributed by atoms with van der Waals surface area (Å²) in [5.74, 6) is 0. The van der Waals surface area contributed by atoms with E-state index in [0.717, 1.165) is 0 Å². The summed E-state index contributed by atoms with van der Waals surface area (Å²) in [6.07, 6.45) is -4.71. The molecule has 1 atom stereocenters. The summed E-state index contributed by atoms with van der Waals surface area (Å²) in [5, 5.41) is 2.79. The lowest BCUT2D eigenvalue weighted by molar-refractivity contribution is -0.175. The van der Waals surface area contributed by atoms with E-state index in [1.165, 1.54) is 4.90 Å². The maximum atomic E-state index is 14.5. The predicted octanol–water partition coefficient (Wildman–Crippen LogP) is 5.75. The fourth-order valence-electron chi connectivity index (χ4n) is 3.51. The van der Waals surface area contributed by atoms with Gasteiger partial charge in [-0.05, 0) is 29.8 Å².